The molecule has 37 heavy (non-hydrogen) atoms. The molecule has 3 heterocycles. The molecule has 1 aromatic carbocycles. The highest BCUT2D eigenvalue weighted by Crippen LogP contribution is 2.40. The fourth-order valence-electron chi connectivity index (χ4n) is 4.38. The van der Waals surface area contributed by atoms with Gasteiger partial charge in [-0.3, -0.25) is 18.8 Å². The van der Waals surface area contributed by atoms with Crippen LogP contribution in [0.3, 0.4) is 0 Å². The molecule has 0 aliphatic heterocycles. The van der Waals surface area contributed by atoms with Crippen molar-refractivity contribution in [3.05, 3.63) is 86.9 Å². The number of anilines is 1. The lowest BCUT2D eigenvalue weighted by Crippen LogP contribution is -2.29. The molecule has 0 unspecified atom stereocenters. The first-order valence-electron chi connectivity index (χ1n) is 11.4. The Kier molecular flexibility index (Phi) is 6.88. The zero-order chi connectivity index (χ0) is 26.9. The lowest BCUT2D eigenvalue weighted by atomic mass is 9.79. The number of carbonyl (C=O) groups is 1. The first-order chi connectivity index (χ1) is 17.7. The zero-order valence-corrected chi connectivity index (χ0v) is 20.6. The number of hydrogen-bond acceptors (Lipinski definition) is 8. The van der Waals surface area contributed by atoms with E-state index < -0.39 is 40.6 Å². The largest absolute Gasteiger partial charge is 0.501 e. The van der Waals surface area contributed by atoms with Crippen LogP contribution in [0.5, 0.6) is 5.75 Å². The molecule has 190 valence electrons. The molecule has 2 atom stereocenters. The second-order valence-electron chi connectivity index (χ2n) is 8.53. The number of nitriles is 1. The summed E-state index contributed by atoms with van der Waals surface area (Å²) >= 11 is 0. The molecule has 0 aliphatic rings. The maximum atomic E-state index is 14.0. The summed E-state index contributed by atoms with van der Waals surface area (Å²) in [4.78, 5) is 30.2. The van der Waals surface area contributed by atoms with E-state index in [1.54, 1.807) is 11.6 Å². The number of halogens is 1. The second-order valence-corrected chi connectivity index (χ2v) is 8.53. The van der Waals surface area contributed by atoms with E-state index in [1.165, 1.54) is 31.6 Å². The number of amides is 1. The van der Waals surface area contributed by atoms with Gasteiger partial charge in [0.1, 0.15) is 23.6 Å². The van der Waals surface area contributed by atoms with Gasteiger partial charge in [-0.05, 0) is 31.5 Å². The molecule has 3 aromatic heterocycles. The van der Waals surface area contributed by atoms with Crippen molar-refractivity contribution in [2.75, 3.05) is 5.32 Å². The summed E-state index contributed by atoms with van der Waals surface area (Å²) in [7, 11) is 1.43. The number of nitrogens with zero attached hydrogens (tertiary/aromatic N) is 6. The van der Waals surface area contributed by atoms with Gasteiger partial charge in [0.15, 0.2) is 5.69 Å². The third-order valence-electron chi connectivity index (χ3n) is 6.23. The predicted octanol–water partition coefficient (Wildman–Crippen LogP) is 3.20. The molecule has 0 fully saturated rings. The van der Waals surface area contributed by atoms with Crippen LogP contribution in [0.4, 0.5) is 10.1 Å². The molecule has 0 saturated carbocycles. The maximum Gasteiger partial charge on any atom is 0.296 e. The van der Waals surface area contributed by atoms with Crippen LogP contribution in [0, 0.1) is 24.1 Å². The quantitative estimate of drug-likeness (QED) is 0.388. The van der Waals surface area contributed by atoms with Crippen molar-refractivity contribution in [3.63, 3.8) is 0 Å². The van der Waals surface area contributed by atoms with E-state index in [0.717, 1.165) is 16.2 Å². The summed E-state index contributed by atoms with van der Waals surface area (Å²) in [6.45, 7) is 6.12. The fraction of sp³-hybridized carbons (Fsp3) is 0.280. The van der Waals surface area contributed by atoms with E-state index in [4.69, 9.17) is 4.52 Å². The number of rotatable bonds is 7. The Bertz CT molecular complexity index is 1570. The molecule has 0 radical (unpaired) electrons. The highest BCUT2D eigenvalue weighted by atomic mass is 19.1. The first-order valence-corrected chi connectivity index (χ1v) is 11.4. The topological polar surface area (TPSA) is 152 Å². The molecule has 0 saturated heterocycles. The molecular weight excluding hydrogens is 481 g/mol. The lowest BCUT2D eigenvalue weighted by Gasteiger charge is -2.26. The van der Waals surface area contributed by atoms with Crippen LogP contribution < -0.4 is 10.9 Å². The van der Waals surface area contributed by atoms with Crippen molar-refractivity contribution >= 4 is 11.6 Å². The number of hydrogen-bond donors (Lipinski definition) is 2. The molecule has 0 bridgehead atoms. The number of aromatic hydroxyl groups is 1. The molecule has 0 spiro atoms. The monoisotopic (exact) mass is 505 g/mol. The number of nitrogens with one attached hydrogen (secondary N) is 1. The Morgan fingerprint density at radius 2 is 2.11 bits per heavy atom. The minimum absolute atomic E-state index is 0.120. The van der Waals surface area contributed by atoms with E-state index in [9.17, 15) is 24.3 Å². The minimum atomic E-state index is -0.835. The first kappa shape index (κ1) is 25.3. The summed E-state index contributed by atoms with van der Waals surface area (Å²) in [5.74, 6) is -3.26. The van der Waals surface area contributed by atoms with E-state index in [1.807, 2.05) is 26.1 Å². The number of aromatic nitrogens is 5. The SMILES string of the molecule is CCn1cc([C@H](c2ccc(F)cc2C#N)[C@@H](C)c2nc(C(=O)Nc3cnoc3)c(O)c(=O)n2C)c(C)n1. The van der Waals surface area contributed by atoms with Gasteiger partial charge >= 0.3 is 0 Å². The van der Waals surface area contributed by atoms with Gasteiger partial charge in [-0.15, -0.1) is 0 Å². The predicted molar refractivity (Wildman–Crippen MR) is 130 cm³/mol. The Morgan fingerprint density at radius 1 is 1.35 bits per heavy atom. The fourth-order valence-corrected chi connectivity index (χ4v) is 4.38. The summed E-state index contributed by atoms with van der Waals surface area (Å²) < 4.78 is 21.6. The maximum absolute atomic E-state index is 14.0. The molecule has 11 nitrogen and oxygen atoms in total. The van der Waals surface area contributed by atoms with E-state index in [2.05, 4.69) is 20.6 Å². The van der Waals surface area contributed by atoms with Gasteiger partial charge in [0.05, 0.1) is 23.5 Å². The van der Waals surface area contributed by atoms with E-state index in [0.29, 0.717) is 17.8 Å². The molecule has 0 aliphatic carbocycles. The Hall–Kier alpha value is -4.79. The van der Waals surface area contributed by atoms with E-state index >= 15 is 0 Å². The normalized spacial score (nSPS) is 12.6. The lowest BCUT2D eigenvalue weighted by molar-refractivity contribution is 0.101. The summed E-state index contributed by atoms with van der Waals surface area (Å²) in [6.07, 6.45) is 4.27. The Morgan fingerprint density at radius 3 is 2.73 bits per heavy atom. The van der Waals surface area contributed by atoms with Crippen LogP contribution in [-0.2, 0) is 13.6 Å². The van der Waals surface area contributed by atoms with Gasteiger partial charge in [0, 0.05) is 37.2 Å². The summed E-state index contributed by atoms with van der Waals surface area (Å²) in [5.41, 5.74) is 0.961. The van der Waals surface area contributed by atoms with Crippen molar-refractivity contribution < 1.29 is 18.8 Å². The van der Waals surface area contributed by atoms with Crippen molar-refractivity contribution in [3.8, 4) is 11.8 Å². The number of carbonyl (C=O) groups excluding carboxylic acids is 1. The summed E-state index contributed by atoms with van der Waals surface area (Å²) in [5, 5.41) is 30.7. The second kappa shape index (κ2) is 10.1. The van der Waals surface area contributed by atoms with E-state index in [-0.39, 0.29) is 17.1 Å². The van der Waals surface area contributed by atoms with Gasteiger partial charge in [-0.25, -0.2) is 9.37 Å². The van der Waals surface area contributed by atoms with Crippen LogP contribution in [0.25, 0.3) is 0 Å². The van der Waals surface area contributed by atoms with Gasteiger partial charge in [-0.2, -0.15) is 10.4 Å². The number of aryl methyl sites for hydroxylation is 2. The minimum Gasteiger partial charge on any atom is -0.501 e. The standard InChI is InChI=1S/C25H24FN7O4/c1-5-33-11-19(14(3)31-33)20(18-7-6-16(26)8-15(18)9-27)13(2)23-30-21(22(34)25(36)32(23)4)24(35)29-17-10-28-37-12-17/h6-8,10-13,20,34H,5H2,1-4H3,(H,29,35)/t13-,20+/m1/s1. The molecule has 1 amide bonds. The van der Waals surface area contributed by atoms with Crippen LogP contribution in [0.1, 0.15) is 64.4 Å². The molecular formula is C25H24FN7O4. The molecule has 4 rings (SSSR count). The highest BCUT2D eigenvalue weighted by Gasteiger charge is 2.32. The van der Waals surface area contributed by atoms with Crippen molar-refractivity contribution in [2.45, 2.75) is 39.2 Å². The van der Waals surface area contributed by atoms with Crippen LogP contribution in [0.15, 0.2) is 46.2 Å². The van der Waals surface area contributed by atoms with Crippen LogP contribution in [0.2, 0.25) is 0 Å². The van der Waals surface area contributed by atoms with Gasteiger partial charge in [0.25, 0.3) is 11.5 Å². The smallest absolute Gasteiger partial charge is 0.296 e. The van der Waals surface area contributed by atoms with Crippen LogP contribution >= 0.6 is 0 Å². The average Bonchev–Trinajstić information content (AvgIpc) is 3.53. The average molecular weight is 506 g/mol. The summed E-state index contributed by atoms with van der Waals surface area (Å²) in [6, 6.07) is 5.98. The molecule has 2 N–H and O–H groups in total. The third-order valence-corrected chi connectivity index (χ3v) is 6.23. The zero-order valence-electron chi connectivity index (χ0n) is 20.6. The third kappa shape index (κ3) is 4.71. The Balaban J connectivity index is 1.90. The van der Waals surface area contributed by atoms with Crippen LogP contribution in [-0.4, -0.2) is 35.5 Å². The van der Waals surface area contributed by atoms with Crippen molar-refractivity contribution in [1.29, 1.82) is 5.26 Å². The van der Waals surface area contributed by atoms with Gasteiger partial charge in [0.2, 0.25) is 5.75 Å². The van der Waals surface area contributed by atoms with Crippen molar-refractivity contribution in [2.24, 2.45) is 7.05 Å². The van der Waals surface area contributed by atoms with Crippen molar-refractivity contribution in [1.82, 2.24) is 24.5 Å². The van der Waals surface area contributed by atoms with Gasteiger partial charge < -0.3 is 14.9 Å². The number of benzene rings is 1. The highest BCUT2D eigenvalue weighted by molar-refractivity contribution is 6.04. The Labute approximate surface area is 210 Å². The molecule has 12 heteroatoms. The van der Waals surface area contributed by atoms with Gasteiger partial charge in [-0.1, -0.05) is 18.1 Å². The molecule has 4 aromatic rings.